The predicted octanol–water partition coefficient (Wildman–Crippen LogP) is 1.27. The van der Waals surface area contributed by atoms with Gasteiger partial charge in [0.25, 0.3) is 5.91 Å². The average molecular weight is 323 g/mol. The van der Waals surface area contributed by atoms with Crippen LogP contribution in [0.4, 0.5) is 5.69 Å². The number of amides is 2. The molecule has 0 aliphatic heterocycles. The molecule has 0 saturated carbocycles. The molecule has 1 aromatic rings. The first-order valence-corrected chi connectivity index (χ1v) is 7.43. The van der Waals surface area contributed by atoms with Crippen LogP contribution in [-0.2, 0) is 4.79 Å². The van der Waals surface area contributed by atoms with Gasteiger partial charge in [0.1, 0.15) is 0 Å². The van der Waals surface area contributed by atoms with Gasteiger partial charge in [0, 0.05) is 13.0 Å². The molecule has 120 valence electrons. The highest BCUT2D eigenvalue weighted by Gasteiger charge is 2.12. The summed E-state index contributed by atoms with van der Waals surface area (Å²) in [6, 6.07) is 6.80. The summed E-state index contributed by atoms with van der Waals surface area (Å²) in [6.45, 7) is 3.92. The van der Waals surface area contributed by atoms with Crippen molar-refractivity contribution in [2.75, 3.05) is 18.5 Å². The van der Waals surface area contributed by atoms with Crippen LogP contribution < -0.4 is 16.0 Å². The zero-order chi connectivity index (χ0) is 16.5. The first-order chi connectivity index (χ1) is 10.4. The third kappa shape index (κ3) is 6.19. The van der Waals surface area contributed by atoms with E-state index in [1.54, 1.807) is 24.3 Å². The van der Waals surface area contributed by atoms with Crippen molar-refractivity contribution in [2.24, 2.45) is 5.92 Å². The van der Waals surface area contributed by atoms with Crippen LogP contribution in [0.15, 0.2) is 24.3 Å². The van der Waals surface area contributed by atoms with Crippen molar-refractivity contribution in [3.8, 4) is 0 Å². The van der Waals surface area contributed by atoms with Crippen molar-refractivity contribution < 1.29 is 14.7 Å². The van der Waals surface area contributed by atoms with Crippen molar-refractivity contribution in [3.63, 3.8) is 0 Å². The van der Waals surface area contributed by atoms with Gasteiger partial charge in [0.05, 0.1) is 17.9 Å². The van der Waals surface area contributed by atoms with E-state index in [9.17, 15) is 9.59 Å². The minimum absolute atomic E-state index is 0.134. The second-order valence-electron chi connectivity index (χ2n) is 5.13. The molecule has 0 atom stereocenters. The molecule has 0 unspecified atom stereocenters. The lowest BCUT2D eigenvalue weighted by Gasteiger charge is -2.13. The third-order valence-electron chi connectivity index (χ3n) is 2.66. The van der Waals surface area contributed by atoms with Crippen LogP contribution in [0.3, 0.4) is 0 Å². The van der Waals surface area contributed by atoms with Gasteiger partial charge in [0.2, 0.25) is 5.91 Å². The Kier molecular flexibility index (Phi) is 7.48. The second kappa shape index (κ2) is 9.11. The van der Waals surface area contributed by atoms with Gasteiger partial charge in [-0.3, -0.25) is 9.59 Å². The van der Waals surface area contributed by atoms with Crippen molar-refractivity contribution in [1.82, 2.24) is 10.6 Å². The number of para-hydroxylation sites is 1. The molecule has 1 aromatic carbocycles. The Morgan fingerprint density at radius 3 is 2.59 bits per heavy atom. The molecule has 0 aromatic heterocycles. The van der Waals surface area contributed by atoms with Gasteiger partial charge in [0.15, 0.2) is 5.11 Å². The maximum absolute atomic E-state index is 12.0. The van der Waals surface area contributed by atoms with Gasteiger partial charge in [-0.25, -0.2) is 0 Å². The number of hydrogen-bond acceptors (Lipinski definition) is 4. The normalized spacial score (nSPS) is 10.2. The quantitative estimate of drug-likeness (QED) is 0.592. The fraction of sp³-hybridized carbons (Fsp3) is 0.400. The SMILES string of the molecule is CC(C)CC(=O)NC(=S)Nc1ccccc1C(=O)NCCO. The van der Waals surface area contributed by atoms with Crippen LogP contribution in [-0.4, -0.2) is 35.2 Å². The average Bonchev–Trinajstić information content (AvgIpc) is 2.44. The van der Waals surface area contributed by atoms with Gasteiger partial charge in [-0.05, 0) is 30.3 Å². The van der Waals surface area contributed by atoms with Gasteiger partial charge < -0.3 is 21.1 Å². The molecule has 0 radical (unpaired) electrons. The summed E-state index contributed by atoms with van der Waals surface area (Å²) < 4.78 is 0. The largest absolute Gasteiger partial charge is 0.395 e. The Labute approximate surface area is 135 Å². The molecule has 1 rings (SSSR count). The van der Waals surface area contributed by atoms with Crippen LogP contribution in [0.25, 0.3) is 0 Å². The summed E-state index contributed by atoms with van der Waals surface area (Å²) in [7, 11) is 0. The lowest BCUT2D eigenvalue weighted by molar-refractivity contribution is -0.120. The molecule has 0 aliphatic carbocycles. The number of aliphatic hydroxyl groups excluding tert-OH is 1. The van der Waals surface area contributed by atoms with Gasteiger partial charge in [-0.15, -0.1) is 0 Å². The number of carbonyl (C=O) groups is 2. The van der Waals surface area contributed by atoms with E-state index in [-0.39, 0.29) is 36.0 Å². The summed E-state index contributed by atoms with van der Waals surface area (Å²) in [5.41, 5.74) is 0.879. The van der Waals surface area contributed by atoms with E-state index in [2.05, 4.69) is 16.0 Å². The lowest BCUT2D eigenvalue weighted by atomic mass is 10.1. The number of anilines is 1. The minimum Gasteiger partial charge on any atom is -0.395 e. The Bertz CT molecular complexity index is 547. The fourth-order valence-electron chi connectivity index (χ4n) is 1.76. The number of hydrogen-bond donors (Lipinski definition) is 4. The molecule has 2 amide bonds. The first-order valence-electron chi connectivity index (χ1n) is 7.03. The minimum atomic E-state index is -0.326. The van der Waals surface area contributed by atoms with Gasteiger partial charge >= 0.3 is 0 Å². The van der Waals surface area contributed by atoms with E-state index < -0.39 is 0 Å². The van der Waals surface area contributed by atoms with E-state index in [4.69, 9.17) is 17.3 Å². The van der Waals surface area contributed by atoms with Crippen molar-refractivity contribution >= 4 is 34.8 Å². The van der Waals surface area contributed by atoms with Crippen LogP contribution in [0, 0.1) is 5.92 Å². The molecule has 0 heterocycles. The van der Waals surface area contributed by atoms with Crippen molar-refractivity contribution in [3.05, 3.63) is 29.8 Å². The van der Waals surface area contributed by atoms with E-state index in [0.29, 0.717) is 17.7 Å². The molecular weight excluding hydrogens is 302 g/mol. The molecule has 0 aliphatic rings. The molecule has 22 heavy (non-hydrogen) atoms. The summed E-state index contributed by atoms with van der Waals surface area (Å²) in [5.74, 6) is -0.262. The van der Waals surface area contributed by atoms with Crippen molar-refractivity contribution in [1.29, 1.82) is 0 Å². The van der Waals surface area contributed by atoms with Crippen molar-refractivity contribution in [2.45, 2.75) is 20.3 Å². The standard InChI is InChI=1S/C15H21N3O3S/c1-10(2)9-13(20)18-15(22)17-12-6-4-3-5-11(12)14(21)16-7-8-19/h3-6,10,19H,7-9H2,1-2H3,(H,16,21)(H2,17,18,20,22). The molecule has 0 spiro atoms. The lowest BCUT2D eigenvalue weighted by Crippen LogP contribution is -2.35. The maximum Gasteiger partial charge on any atom is 0.253 e. The fourth-order valence-corrected chi connectivity index (χ4v) is 1.98. The highest BCUT2D eigenvalue weighted by Crippen LogP contribution is 2.14. The summed E-state index contributed by atoms with van der Waals surface area (Å²) in [4.78, 5) is 23.6. The number of nitrogens with one attached hydrogen (secondary N) is 3. The topological polar surface area (TPSA) is 90.5 Å². The zero-order valence-electron chi connectivity index (χ0n) is 12.7. The van der Waals surface area contributed by atoms with E-state index in [0.717, 1.165) is 0 Å². The monoisotopic (exact) mass is 323 g/mol. The number of benzene rings is 1. The second-order valence-corrected chi connectivity index (χ2v) is 5.53. The molecule has 6 nitrogen and oxygen atoms in total. The van der Waals surface area contributed by atoms with E-state index in [1.165, 1.54) is 0 Å². The third-order valence-corrected chi connectivity index (χ3v) is 2.87. The van der Waals surface area contributed by atoms with Gasteiger partial charge in [-0.1, -0.05) is 26.0 Å². The smallest absolute Gasteiger partial charge is 0.253 e. The Morgan fingerprint density at radius 1 is 1.27 bits per heavy atom. The maximum atomic E-state index is 12.0. The molecule has 0 fully saturated rings. The highest BCUT2D eigenvalue weighted by atomic mass is 32.1. The van der Waals surface area contributed by atoms with Crippen LogP contribution in [0.5, 0.6) is 0 Å². The van der Waals surface area contributed by atoms with Crippen LogP contribution in [0.1, 0.15) is 30.6 Å². The van der Waals surface area contributed by atoms with E-state index >= 15 is 0 Å². The summed E-state index contributed by atoms with van der Waals surface area (Å²) >= 11 is 5.08. The summed E-state index contributed by atoms with van der Waals surface area (Å²) in [5, 5.41) is 16.9. The Hall–Kier alpha value is -1.99. The molecular formula is C15H21N3O3S. The van der Waals surface area contributed by atoms with E-state index in [1.807, 2.05) is 13.8 Å². The first kappa shape index (κ1) is 18.1. The Morgan fingerprint density at radius 2 is 1.95 bits per heavy atom. The highest BCUT2D eigenvalue weighted by molar-refractivity contribution is 7.80. The number of aliphatic hydroxyl groups is 1. The van der Waals surface area contributed by atoms with Gasteiger partial charge in [-0.2, -0.15) is 0 Å². The Balaban J connectivity index is 2.71. The summed E-state index contributed by atoms with van der Waals surface area (Å²) in [6.07, 6.45) is 0.375. The molecule has 0 bridgehead atoms. The zero-order valence-corrected chi connectivity index (χ0v) is 13.5. The molecule has 0 saturated heterocycles. The number of carbonyl (C=O) groups excluding carboxylic acids is 2. The predicted molar refractivity (Wildman–Crippen MR) is 89.7 cm³/mol. The number of rotatable bonds is 6. The molecule has 7 heteroatoms. The van der Waals surface area contributed by atoms with Crippen LogP contribution >= 0.6 is 12.2 Å². The number of thiocarbonyl (C=S) groups is 1. The van der Waals surface area contributed by atoms with Crippen LogP contribution in [0.2, 0.25) is 0 Å². The molecule has 4 N–H and O–H groups in total.